The standard InChI is InChI=1S/C27H36F2N6O4/c1-16(2)13-34-24-19(12-30-35(24)26(39)22(25(34)38)23(37)31-20-5-6-20)4-7-21(36)33-9-8-32(14-17(33)3)15-18-10-27(28,29)11-18/h4,7,12,16-18,20,39H,5-6,8-11,13-15H2,1-3H3,(H,31,37)/b7-4+/t17-/m1/s1. The number of nitrogens with one attached hydrogen (secondary N) is 1. The predicted octanol–water partition coefficient (Wildman–Crippen LogP) is 2.34. The van der Waals surface area contributed by atoms with Gasteiger partial charge in [0.2, 0.25) is 17.7 Å². The first-order chi connectivity index (χ1) is 18.4. The molecule has 1 aliphatic heterocycles. The summed E-state index contributed by atoms with van der Waals surface area (Å²) in [7, 11) is 0. The van der Waals surface area contributed by atoms with Gasteiger partial charge in [0, 0.05) is 69.3 Å². The lowest BCUT2D eigenvalue weighted by Crippen LogP contribution is -2.55. The molecule has 1 atom stereocenters. The Hall–Kier alpha value is -3.28. The second kappa shape index (κ2) is 10.4. The van der Waals surface area contributed by atoms with Gasteiger partial charge in [-0.3, -0.25) is 23.9 Å². The lowest BCUT2D eigenvalue weighted by molar-refractivity contribution is -0.132. The zero-order chi connectivity index (χ0) is 28.1. The van der Waals surface area contributed by atoms with Crippen molar-refractivity contribution in [2.24, 2.45) is 11.8 Å². The lowest BCUT2D eigenvalue weighted by atomic mass is 9.81. The number of fused-ring (bicyclic) bond motifs is 1. The molecule has 3 fully saturated rings. The first kappa shape index (κ1) is 27.3. The van der Waals surface area contributed by atoms with E-state index in [1.807, 2.05) is 20.8 Å². The second-order valence-corrected chi connectivity index (χ2v) is 11.7. The van der Waals surface area contributed by atoms with Crippen LogP contribution in [-0.4, -0.2) is 85.1 Å². The minimum absolute atomic E-state index is 0.00474. The molecule has 3 aliphatic rings. The Bertz CT molecular complexity index is 1350. The number of hydrogen-bond donors (Lipinski definition) is 2. The predicted molar refractivity (Wildman–Crippen MR) is 141 cm³/mol. The van der Waals surface area contributed by atoms with Crippen LogP contribution in [0.25, 0.3) is 11.7 Å². The zero-order valence-corrected chi connectivity index (χ0v) is 22.6. The van der Waals surface area contributed by atoms with Crippen molar-refractivity contribution in [3.8, 4) is 5.88 Å². The number of nitrogens with zero attached hydrogens (tertiary/aromatic N) is 5. The Morgan fingerprint density at radius 3 is 2.59 bits per heavy atom. The van der Waals surface area contributed by atoms with Gasteiger partial charge in [0.15, 0.2) is 5.56 Å². The molecule has 0 spiro atoms. The summed E-state index contributed by atoms with van der Waals surface area (Å²) in [6, 6.07) is -0.0732. The van der Waals surface area contributed by atoms with Crippen molar-refractivity contribution in [3.63, 3.8) is 0 Å². The molecule has 0 aromatic carbocycles. The average molecular weight is 547 g/mol. The summed E-state index contributed by atoms with van der Waals surface area (Å²) in [5, 5.41) is 17.8. The second-order valence-electron chi connectivity index (χ2n) is 11.7. The maximum Gasteiger partial charge on any atom is 0.270 e. The molecule has 1 saturated heterocycles. The van der Waals surface area contributed by atoms with E-state index in [-0.39, 0.29) is 48.2 Å². The topological polar surface area (TPSA) is 112 Å². The van der Waals surface area contributed by atoms with E-state index in [4.69, 9.17) is 0 Å². The number of alkyl halides is 2. The number of hydrogen-bond acceptors (Lipinski definition) is 6. The van der Waals surface area contributed by atoms with Gasteiger partial charge in [-0.05, 0) is 37.7 Å². The van der Waals surface area contributed by atoms with Crippen molar-refractivity contribution in [3.05, 3.63) is 33.8 Å². The number of halogens is 2. The maximum atomic E-state index is 13.4. The Balaban J connectivity index is 1.34. The molecule has 12 heteroatoms. The fraction of sp³-hybridized carbons (Fsp3) is 0.630. The molecule has 212 valence electrons. The van der Waals surface area contributed by atoms with Gasteiger partial charge in [-0.25, -0.2) is 8.78 Å². The third-order valence-electron chi connectivity index (χ3n) is 7.69. The Morgan fingerprint density at radius 1 is 1.26 bits per heavy atom. The molecule has 39 heavy (non-hydrogen) atoms. The number of carbonyl (C=O) groups is 2. The van der Waals surface area contributed by atoms with Crippen molar-refractivity contribution in [2.45, 2.75) is 71.0 Å². The van der Waals surface area contributed by atoms with Crippen molar-refractivity contribution < 1.29 is 23.5 Å². The number of rotatable bonds is 8. The van der Waals surface area contributed by atoms with Crippen molar-refractivity contribution >= 4 is 23.5 Å². The van der Waals surface area contributed by atoms with Gasteiger partial charge in [0.1, 0.15) is 5.65 Å². The van der Waals surface area contributed by atoms with Crippen molar-refractivity contribution in [2.75, 3.05) is 26.2 Å². The molecule has 0 bridgehead atoms. The molecule has 5 rings (SSSR count). The van der Waals surface area contributed by atoms with E-state index in [0.717, 1.165) is 12.8 Å². The molecule has 3 heterocycles. The summed E-state index contributed by atoms with van der Waals surface area (Å²) in [4.78, 5) is 43.1. The van der Waals surface area contributed by atoms with Crippen LogP contribution in [0.5, 0.6) is 5.88 Å². The van der Waals surface area contributed by atoms with Crippen molar-refractivity contribution in [1.82, 2.24) is 29.3 Å². The highest BCUT2D eigenvalue weighted by molar-refractivity contribution is 5.97. The third-order valence-corrected chi connectivity index (χ3v) is 7.69. The van der Waals surface area contributed by atoms with Gasteiger partial charge in [0.25, 0.3) is 11.5 Å². The summed E-state index contributed by atoms with van der Waals surface area (Å²) in [5.41, 5.74) is -0.194. The summed E-state index contributed by atoms with van der Waals surface area (Å²) < 4.78 is 29.0. The molecule has 2 aromatic heterocycles. The van der Waals surface area contributed by atoms with E-state index in [2.05, 4.69) is 15.3 Å². The highest BCUT2D eigenvalue weighted by Crippen LogP contribution is 2.42. The normalized spacial score (nSPS) is 22.1. The SMILES string of the molecule is CC(C)Cn1c(=O)c(C(=O)NC2CC2)c(O)n2ncc(/C=C/C(=O)N3CCN(CC4CC(F)(F)C4)C[C@H]3C)c12. The Morgan fingerprint density at radius 2 is 1.97 bits per heavy atom. The molecule has 2 aromatic rings. The smallest absolute Gasteiger partial charge is 0.270 e. The van der Waals surface area contributed by atoms with E-state index in [1.165, 1.54) is 21.4 Å². The monoisotopic (exact) mass is 546 g/mol. The Labute approximate surface area is 225 Å². The molecule has 2 saturated carbocycles. The number of aromatic nitrogens is 3. The minimum atomic E-state index is -2.53. The van der Waals surface area contributed by atoms with Crippen LogP contribution in [0.2, 0.25) is 0 Å². The van der Waals surface area contributed by atoms with Gasteiger partial charge in [-0.1, -0.05) is 13.8 Å². The lowest BCUT2D eigenvalue weighted by Gasteiger charge is -2.43. The van der Waals surface area contributed by atoms with E-state index < -0.39 is 23.3 Å². The first-order valence-corrected chi connectivity index (χ1v) is 13.7. The van der Waals surface area contributed by atoms with Crippen LogP contribution in [0.15, 0.2) is 17.1 Å². The fourth-order valence-corrected chi connectivity index (χ4v) is 5.61. The summed E-state index contributed by atoms with van der Waals surface area (Å²) in [5.74, 6) is -3.83. The van der Waals surface area contributed by atoms with Crippen molar-refractivity contribution in [1.29, 1.82) is 0 Å². The Kier molecular flexibility index (Phi) is 7.25. The molecule has 2 N–H and O–H groups in total. The highest BCUT2D eigenvalue weighted by Gasteiger charge is 2.46. The summed E-state index contributed by atoms with van der Waals surface area (Å²) in [6.07, 6.45) is 6.00. The quantitative estimate of drug-likeness (QED) is 0.492. The van der Waals surface area contributed by atoms with Crippen LogP contribution < -0.4 is 10.9 Å². The number of aromatic hydroxyl groups is 1. The van der Waals surface area contributed by atoms with E-state index >= 15 is 0 Å². The fourth-order valence-electron chi connectivity index (χ4n) is 5.61. The van der Waals surface area contributed by atoms with E-state index in [1.54, 1.807) is 11.0 Å². The van der Waals surface area contributed by atoms with Gasteiger partial charge in [-0.15, -0.1) is 0 Å². The average Bonchev–Trinajstić information content (AvgIpc) is 3.54. The first-order valence-electron chi connectivity index (χ1n) is 13.7. The van der Waals surface area contributed by atoms with Crippen LogP contribution in [0.4, 0.5) is 8.78 Å². The van der Waals surface area contributed by atoms with Gasteiger partial charge >= 0.3 is 0 Å². The molecule has 2 amide bonds. The molecule has 0 radical (unpaired) electrons. The van der Waals surface area contributed by atoms with E-state index in [0.29, 0.717) is 43.9 Å². The highest BCUT2D eigenvalue weighted by atomic mass is 19.3. The summed E-state index contributed by atoms with van der Waals surface area (Å²) >= 11 is 0. The molecule has 0 unspecified atom stereocenters. The summed E-state index contributed by atoms with van der Waals surface area (Å²) in [6.45, 7) is 8.45. The third kappa shape index (κ3) is 5.70. The van der Waals surface area contributed by atoms with Crippen LogP contribution in [0.1, 0.15) is 62.4 Å². The molecular formula is C27H36F2N6O4. The minimum Gasteiger partial charge on any atom is -0.492 e. The molecular weight excluding hydrogens is 510 g/mol. The number of carbonyl (C=O) groups excluding carboxylic acids is 2. The maximum absolute atomic E-state index is 13.4. The van der Waals surface area contributed by atoms with Crippen LogP contribution >= 0.6 is 0 Å². The van der Waals surface area contributed by atoms with E-state index in [9.17, 15) is 28.3 Å². The largest absolute Gasteiger partial charge is 0.492 e. The number of piperazine rings is 1. The van der Waals surface area contributed by atoms with Gasteiger partial charge in [-0.2, -0.15) is 9.61 Å². The molecule has 2 aliphatic carbocycles. The van der Waals surface area contributed by atoms with Gasteiger partial charge in [0.05, 0.1) is 6.20 Å². The molecule has 10 nitrogen and oxygen atoms in total. The van der Waals surface area contributed by atoms with Crippen LogP contribution in [0.3, 0.4) is 0 Å². The van der Waals surface area contributed by atoms with Crippen LogP contribution in [0, 0.1) is 11.8 Å². The number of amides is 2. The zero-order valence-electron chi connectivity index (χ0n) is 22.6. The van der Waals surface area contributed by atoms with Gasteiger partial charge < -0.3 is 15.3 Å². The van der Waals surface area contributed by atoms with Crippen LogP contribution in [-0.2, 0) is 11.3 Å².